The summed E-state index contributed by atoms with van der Waals surface area (Å²) < 4.78 is 22.4. The fourth-order valence-corrected chi connectivity index (χ4v) is 3.25. The third-order valence-corrected chi connectivity index (χ3v) is 4.50. The van der Waals surface area contributed by atoms with Crippen LogP contribution in [0.1, 0.15) is 12.8 Å². The van der Waals surface area contributed by atoms with Gasteiger partial charge in [0.05, 0.1) is 0 Å². The normalized spacial score (nSPS) is 31.4. The molecule has 0 aromatic heterocycles. The van der Waals surface area contributed by atoms with Crippen LogP contribution in [0.3, 0.4) is 0 Å². The summed E-state index contributed by atoms with van der Waals surface area (Å²) in [5.41, 5.74) is 0. The first-order chi connectivity index (χ1) is 5.87. The largest absolute Gasteiger partial charge is 0.480 e. The van der Waals surface area contributed by atoms with E-state index < -0.39 is 32.3 Å². The van der Waals surface area contributed by atoms with Crippen molar-refractivity contribution in [2.24, 2.45) is 0 Å². The third-order valence-electron chi connectivity index (χ3n) is 2.04. The summed E-state index contributed by atoms with van der Waals surface area (Å²) in [5, 5.41) is 13.9. The van der Waals surface area contributed by atoms with Crippen LogP contribution in [0.2, 0.25) is 0 Å². The summed E-state index contributed by atoms with van der Waals surface area (Å²) in [7, 11) is -4.03. The minimum absolute atomic E-state index is 0.116. The molecule has 13 heavy (non-hydrogen) atoms. The molecule has 6 nitrogen and oxygen atoms in total. The predicted octanol–water partition coefficient (Wildman–Crippen LogP) is -0.899. The number of hydrogen-bond donors (Lipinski definition) is 2. The number of sulfone groups is 1. The molecule has 0 amide bonds. The van der Waals surface area contributed by atoms with E-state index in [0.29, 0.717) is 0 Å². The minimum atomic E-state index is -4.03. The lowest BCUT2D eigenvalue weighted by molar-refractivity contribution is -0.137. The average molecular weight is 208 g/mol. The zero-order valence-corrected chi connectivity index (χ0v) is 7.32. The molecule has 1 rings (SSSR count). The van der Waals surface area contributed by atoms with Crippen molar-refractivity contribution in [3.63, 3.8) is 0 Å². The average Bonchev–Trinajstić information content (AvgIpc) is 2.24. The van der Waals surface area contributed by atoms with Crippen molar-refractivity contribution in [3.05, 3.63) is 0 Å². The molecular formula is C6H8O6S. The molecule has 74 valence electrons. The standard InChI is InChI=1S/C6H8O6S/c7-5(8)3-1-2-4(6(9)10)13(3,11)12/h3-4H,1-2H2,(H,7,8)(H,9,10). The van der Waals surface area contributed by atoms with Crippen LogP contribution in [0.15, 0.2) is 0 Å². The number of carbonyl (C=O) groups is 2. The molecule has 0 spiro atoms. The molecule has 2 unspecified atom stereocenters. The van der Waals surface area contributed by atoms with Crippen LogP contribution in [0.4, 0.5) is 0 Å². The van der Waals surface area contributed by atoms with Gasteiger partial charge in [0.2, 0.25) is 0 Å². The summed E-state index contributed by atoms with van der Waals surface area (Å²) in [5.74, 6) is -2.94. The molecule has 0 saturated carbocycles. The van der Waals surface area contributed by atoms with Crippen LogP contribution in [-0.2, 0) is 19.4 Å². The molecule has 0 aliphatic carbocycles. The Morgan fingerprint density at radius 2 is 1.31 bits per heavy atom. The van der Waals surface area contributed by atoms with Gasteiger partial charge in [0.1, 0.15) is 0 Å². The summed E-state index contributed by atoms with van der Waals surface area (Å²) in [6.45, 7) is 0. The molecular weight excluding hydrogens is 200 g/mol. The van der Waals surface area contributed by atoms with Gasteiger partial charge in [-0.25, -0.2) is 8.42 Å². The molecule has 1 aliphatic rings. The molecule has 1 aliphatic heterocycles. The summed E-state index contributed by atoms with van der Waals surface area (Å²) >= 11 is 0. The van der Waals surface area contributed by atoms with Gasteiger partial charge < -0.3 is 10.2 Å². The van der Waals surface area contributed by atoms with Crippen LogP contribution < -0.4 is 0 Å². The van der Waals surface area contributed by atoms with Crippen molar-refractivity contribution in [2.45, 2.75) is 23.3 Å². The number of aliphatic carboxylic acids is 2. The molecule has 0 bridgehead atoms. The van der Waals surface area contributed by atoms with Gasteiger partial charge in [0, 0.05) is 0 Å². The monoisotopic (exact) mass is 208 g/mol. The van der Waals surface area contributed by atoms with Crippen molar-refractivity contribution in [1.29, 1.82) is 0 Å². The van der Waals surface area contributed by atoms with Crippen molar-refractivity contribution in [2.75, 3.05) is 0 Å². The molecule has 7 heteroatoms. The topological polar surface area (TPSA) is 109 Å². The second-order valence-corrected chi connectivity index (χ2v) is 5.14. The molecule has 0 aromatic carbocycles. The smallest absolute Gasteiger partial charge is 0.321 e. The summed E-state index contributed by atoms with van der Waals surface area (Å²) in [4.78, 5) is 20.8. The summed E-state index contributed by atoms with van der Waals surface area (Å²) in [6, 6.07) is 0. The first-order valence-electron chi connectivity index (χ1n) is 3.55. The molecule has 1 saturated heterocycles. The predicted molar refractivity (Wildman–Crippen MR) is 41.0 cm³/mol. The van der Waals surface area contributed by atoms with Gasteiger partial charge in [0.15, 0.2) is 20.3 Å². The van der Waals surface area contributed by atoms with Crippen molar-refractivity contribution in [1.82, 2.24) is 0 Å². The quantitative estimate of drug-likeness (QED) is 0.608. The van der Waals surface area contributed by atoms with Gasteiger partial charge in [-0.3, -0.25) is 9.59 Å². The maximum atomic E-state index is 11.2. The highest BCUT2D eigenvalue weighted by Crippen LogP contribution is 2.27. The Balaban J connectivity index is 3.03. The Morgan fingerprint density at radius 3 is 1.46 bits per heavy atom. The van der Waals surface area contributed by atoms with Crippen molar-refractivity contribution < 1.29 is 28.2 Å². The van der Waals surface area contributed by atoms with E-state index in [0.717, 1.165) is 0 Å². The molecule has 2 N–H and O–H groups in total. The van der Waals surface area contributed by atoms with Crippen LogP contribution in [0.25, 0.3) is 0 Å². The van der Waals surface area contributed by atoms with Crippen molar-refractivity contribution >= 4 is 21.8 Å². The van der Waals surface area contributed by atoms with E-state index in [1.54, 1.807) is 0 Å². The highest BCUT2D eigenvalue weighted by molar-refractivity contribution is 7.94. The number of carboxylic acids is 2. The van der Waals surface area contributed by atoms with Crippen LogP contribution in [0, 0.1) is 0 Å². The second kappa shape index (κ2) is 2.99. The highest BCUT2D eigenvalue weighted by atomic mass is 32.2. The van der Waals surface area contributed by atoms with E-state index in [4.69, 9.17) is 10.2 Å². The van der Waals surface area contributed by atoms with E-state index in [9.17, 15) is 18.0 Å². The number of hydrogen-bond acceptors (Lipinski definition) is 4. The van der Waals surface area contributed by atoms with Gasteiger partial charge in [-0.2, -0.15) is 0 Å². The first-order valence-corrected chi connectivity index (χ1v) is 5.16. The maximum absolute atomic E-state index is 11.2. The lowest BCUT2D eigenvalue weighted by Gasteiger charge is -2.05. The lowest BCUT2D eigenvalue weighted by Crippen LogP contribution is -2.33. The molecule has 1 heterocycles. The Hall–Kier alpha value is -1.11. The van der Waals surface area contributed by atoms with Gasteiger partial charge in [-0.05, 0) is 12.8 Å². The van der Waals surface area contributed by atoms with E-state index in [-0.39, 0.29) is 12.8 Å². The second-order valence-electron chi connectivity index (χ2n) is 2.82. The molecule has 0 aromatic rings. The number of carboxylic acid groups (broad SMARTS) is 2. The zero-order chi connectivity index (χ0) is 10.2. The maximum Gasteiger partial charge on any atom is 0.321 e. The van der Waals surface area contributed by atoms with Crippen LogP contribution in [-0.4, -0.2) is 41.1 Å². The Kier molecular flexibility index (Phi) is 2.29. The van der Waals surface area contributed by atoms with E-state index >= 15 is 0 Å². The fourth-order valence-electron chi connectivity index (χ4n) is 1.36. The molecule has 1 fully saturated rings. The van der Waals surface area contributed by atoms with Crippen LogP contribution in [0.5, 0.6) is 0 Å². The van der Waals surface area contributed by atoms with Crippen molar-refractivity contribution in [3.8, 4) is 0 Å². The van der Waals surface area contributed by atoms with Gasteiger partial charge in [-0.15, -0.1) is 0 Å². The van der Waals surface area contributed by atoms with Gasteiger partial charge >= 0.3 is 11.9 Å². The van der Waals surface area contributed by atoms with Gasteiger partial charge in [0.25, 0.3) is 0 Å². The Morgan fingerprint density at radius 1 is 1.00 bits per heavy atom. The lowest BCUT2D eigenvalue weighted by atomic mass is 10.2. The molecule has 2 atom stereocenters. The number of rotatable bonds is 2. The van der Waals surface area contributed by atoms with E-state index in [2.05, 4.69) is 0 Å². The Bertz CT molecular complexity index is 314. The van der Waals surface area contributed by atoms with E-state index in [1.165, 1.54) is 0 Å². The SMILES string of the molecule is O=C(O)C1CCC(C(=O)O)S1(=O)=O. The summed E-state index contributed by atoms with van der Waals surface area (Å²) in [6.07, 6.45) is -0.233. The van der Waals surface area contributed by atoms with E-state index in [1.807, 2.05) is 0 Å². The highest BCUT2D eigenvalue weighted by Gasteiger charge is 2.48. The first kappa shape index (κ1) is 9.97. The van der Waals surface area contributed by atoms with Gasteiger partial charge in [-0.1, -0.05) is 0 Å². The zero-order valence-electron chi connectivity index (χ0n) is 6.50. The minimum Gasteiger partial charge on any atom is -0.480 e. The van der Waals surface area contributed by atoms with Crippen LogP contribution >= 0.6 is 0 Å². The molecule has 0 radical (unpaired) electrons. The third kappa shape index (κ3) is 1.51. The fraction of sp³-hybridized carbons (Fsp3) is 0.667. The Labute approximate surface area is 74.1 Å².